The minimum absolute atomic E-state index is 0.243. The van der Waals surface area contributed by atoms with E-state index in [-0.39, 0.29) is 5.75 Å². The second-order valence-corrected chi connectivity index (χ2v) is 12.6. The predicted molar refractivity (Wildman–Crippen MR) is 152 cm³/mol. The summed E-state index contributed by atoms with van der Waals surface area (Å²) in [6, 6.07) is 12.3. The van der Waals surface area contributed by atoms with E-state index in [9.17, 15) is 23.9 Å². The van der Waals surface area contributed by atoms with Crippen LogP contribution in [0.5, 0.6) is 5.75 Å². The molecule has 1 heterocycles. The third-order valence-corrected chi connectivity index (χ3v) is 8.16. The van der Waals surface area contributed by atoms with Crippen LogP contribution >= 0.6 is 6.64 Å². The summed E-state index contributed by atoms with van der Waals surface area (Å²) < 4.78 is 52.6. The van der Waals surface area contributed by atoms with Gasteiger partial charge in [-0.05, 0) is 62.4 Å². The fraction of sp³-hybridized carbons (Fsp3) is 0.423. The number of fused-ring (bicyclic) bond motifs is 1. The van der Waals surface area contributed by atoms with Crippen LogP contribution in [-0.4, -0.2) is 58.0 Å². The molecule has 0 aliphatic rings. The van der Waals surface area contributed by atoms with Gasteiger partial charge in [0.1, 0.15) is 31.2 Å². The van der Waals surface area contributed by atoms with Crippen molar-refractivity contribution in [2.75, 3.05) is 13.3 Å². The molecular formula is C26H32F2N3O8PS. The monoisotopic (exact) mass is 615 g/mol. The summed E-state index contributed by atoms with van der Waals surface area (Å²) >= 11 is 5.62. The van der Waals surface area contributed by atoms with E-state index in [2.05, 4.69) is 5.09 Å². The number of carbonyl (C=O) groups is 1. The molecule has 2 aromatic carbocycles. The fourth-order valence-corrected chi connectivity index (χ4v) is 5.93. The zero-order valence-corrected chi connectivity index (χ0v) is 24.5. The molecule has 0 radical (unpaired) electrons. The van der Waals surface area contributed by atoms with Gasteiger partial charge in [0.15, 0.2) is 6.23 Å². The molecule has 0 saturated carbocycles. The van der Waals surface area contributed by atoms with Gasteiger partial charge in [0.05, 0.1) is 6.10 Å². The number of rotatable bonds is 14. The summed E-state index contributed by atoms with van der Waals surface area (Å²) in [5.41, 5.74) is -1.81. The van der Waals surface area contributed by atoms with Crippen LogP contribution in [0.15, 0.2) is 64.3 Å². The SMILES string of the molecule is CC(C)OC(=O)[C@H](C)NP(=S)(OC[C@@](F)(O[C@H](CF)n1ccc(=O)[nH]c1=O)[C@H](C)O)Oc1ccc2ccccc2c1. The Kier molecular flexibility index (Phi) is 10.9. The lowest BCUT2D eigenvalue weighted by atomic mass is 10.1. The van der Waals surface area contributed by atoms with Crippen LogP contribution in [0.2, 0.25) is 0 Å². The van der Waals surface area contributed by atoms with Gasteiger partial charge in [0.2, 0.25) is 0 Å². The number of nitrogens with one attached hydrogen (secondary N) is 2. The minimum atomic E-state index is -3.81. The molecule has 3 N–H and O–H groups in total. The largest absolute Gasteiger partial charge is 0.462 e. The van der Waals surface area contributed by atoms with Gasteiger partial charge in [-0.15, -0.1) is 0 Å². The van der Waals surface area contributed by atoms with Crippen molar-refractivity contribution >= 4 is 35.2 Å². The molecule has 41 heavy (non-hydrogen) atoms. The quantitative estimate of drug-likeness (QED) is 0.182. The number of carbonyl (C=O) groups excluding carboxylic acids is 1. The number of ether oxygens (including phenoxy) is 2. The van der Waals surface area contributed by atoms with Crippen LogP contribution in [0.3, 0.4) is 0 Å². The summed E-state index contributed by atoms with van der Waals surface area (Å²) in [6.45, 7) is -0.499. The minimum Gasteiger partial charge on any atom is -0.462 e. The van der Waals surface area contributed by atoms with Crippen LogP contribution in [0.25, 0.3) is 10.8 Å². The molecule has 1 aromatic heterocycles. The molecule has 0 aliphatic carbocycles. The number of H-pyrrole nitrogens is 1. The number of aromatic amines is 1. The first-order chi connectivity index (χ1) is 19.2. The van der Waals surface area contributed by atoms with Crippen LogP contribution in [0.4, 0.5) is 8.78 Å². The number of benzene rings is 2. The Balaban J connectivity index is 1.90. The maximum Gasteiger partial charge on any atom is 0.330 e. The van der Waals surface area contributed by atoms with E-state index in [0.29, 0.717) is 4.57 Å². The topological polar surface area (TPSA) is 141 Å². The van der Waals surface area contributed by atoms with E-state index >= 15 is 4.39 Å². The highest BCUT2D eigenvalue weighted by Crippen LogP contribution is 2.47. The summed E-state index contributed by atoms with van der Waals surface area (Å²) in [5, 5.41) is 14.7. The van der Waals surface area contributed by atoms with Gasteiger partial charge in [-0.25, -0.2) is 18.7 Å². The number of halogens is 2. The molecule has 0 aliphatic heterocycles. The van der Waals surface area contributed by atoms with Crippen molar-refractivity contribution in [1.82, 2.24) is 14.6 Å². The Morgan fingerprint density at radius 3 is 2.44 bits per heavy atom. The van der Waals surface area contributed by atoms with Crippen molar-refractivity contribution in [1.29, 1.82) is 0 Å². The molecule has 0 bridgehead atoms. The average molecular weight is 616 g/mol. The standard InChI is InChI=1S/C26H32F2N3O8PS/c1-16(2)37-24(34)17(3)30-40(41,39-21-10-9-19-7-5-6-8-20(19)13-21)36-15-26(28,18(4)32)38-23(14-27)31-12-11-22(33)29-25(31)35/h5-13,16-18,23,32H,14-15H2,1-4H3,(H,30,41)(H,29,33,35)/t17-,18-,23+,26+,40?/m0/s1. The van der Waals surface area contributed by atoms with E-state index < -0.39 is 67.5 Å². The molecule has 11 nitrogen and oxygen atoms in total. The van der Waals surface area contributed by atoms with Crippen molar-refractivity contribution in [3.05, 3.63) is 75.6 Å². The summed E-state index contributed by atoms with van der Waals surface area (Å²) in [7, 11) is 0. The maximum absolute atomic E-state index is 16.0. The van der Waals surface area contributed by atoms with E-state index in [1.165, 1.54) is 6.92 Å². The van der Waals surface area contributed by atoms with E-state index in [1.54, 1.807) is 32.0 Å². The Hall–Kier alpha value is -3.00. The van der Waals surface area contributed by atoms with Gasteiger partial charge < -0.3 is 23.6 Å². The number of hydrogen-bond donors (Lipinski definition) is 3. The molecule has 0 spiro atoms. The number of esters is 1. The van der Waals surface area contributed by atoms with Crippen LogP contribution in [0, 0.1) is 0 Å². The molecule has 0 fully saturated rings. The molecule has 15 heteroatoms. The number of aliphatic hydroxyl groups is 1. The lowest BCUT2D eigenvalue weighted by Crippen LogP contribution is -2.47. The van der Waals surface area contributed by atoms with E-state index in [4.69, 9.17) is 30.3 Å². The lowest BCUT2D eigenvalue weighted by Gasteiger charge is -2.34. The van der Waals surface area contributed by atoms with Crippen molar-refractivity contribution in [2.24, 2.45) is 0 Å². The van der Waals surface area contributed by atoms with E-state index in [1.807, 2.05) is 29.2 Å². The highest BCUT2D eigenvalue weighted by atomic mass is 32.5. The molecule has 3 rings (SSSR count). The maximum atomic E-state index is 16.0. The third-order valence-electron chi connectivity index (χ3n) is 5.68. The number of nitrogens with zero attached hydrogens (tertiary/aromatic N) is 1. The van der Waals surface area contributed by atoms with Crippen molar-refractivity contribution in [3.63, 3.8) is 0 Å². The van der Waals surface area contributed by atoms with Gasteiger partial charge in [-0.1, -0.05) is 30.3 Å². The molecule has 0 amide bonds. The highest BCUT2D eigenvalue weighted by Gasteiger charge is 2.43. The molecule has 3 aromatic rings. The second-order valence-electron chi connectivity index (χ2n) is 9.41. The zero-order chi connectivity index (χ0) is 30.4. The third kappa shape index (κ3) is 8.74. The molecular weight excluding hydrogens is 583 g/mol. The Bertz CT molecular complexity index is 1520. The van der Waals surface area contributed by atoms with Gasteiger partial charge in [0, 0.05) is 12.3 Å². The first-order valence-electron chi connectivity index (χ1n) is 12.6. The summed E-state index contributed by atoms with van der Waals surface area (Å²) in [4.78, 5) is 37.9. The first-order valence-corrected chi connectivity index (χ1v) is 15.2. The predicted octanol–water partition coefficient (Wildman–Crippen LogP) is 3.47. The molecule has 5 atom stereocenters. The van der Waals surface area contributed by atoms with E-state index in [0.717, 1.165) is 30.0 Å². The number of hydrogen-bond acceptors (Lipinski definition) is 9. The highest BCUT2D eigenvalue weighted by molar-refractivity contribution is 8.09. The molecule has 1 unspecified atom stereocenters. The van der Waals surface area contributed by atoms with Crippen LogP contribution < -0.4 is 20.9 Å². The van der Waals surface area contributed by atoms with Crippen molar-refractivity contribution in [2.45, 2.75) is 58.0 Å². The molecule has 0 saturated heterocycles. The van der Waals surface area contributed by atoms with Crippen LogP contribution in [-0.2, 0) is 30.6 Å². The Labute approximate surface area is 239 Å². The van der Waals surface area contributed by atoms with Gasteiger partial charge in [0.25, 0.3) is 11.4 Å². The average Bonchev–Trinajstić information content (AvgIpc) is 2.90. The summed E-state index contributed by atoms with van der Waals surface area (Å²) in [5.74, 6) is -3.55. The van der Waals surface area contributed by atoms with Gasteiger partial charge in [-0.2, -0.15) is 0 Å². The first kappa shape index (κ1) is 32.5. The van der Waals surface area contributed by atoms with Crippen molar-refractivity contribution in [3.8, 4) is 5.75 Å². The fourth-order valence-electron chi connectivity index (χ4n) is 3.55. The Morgan fingerprint density at radius 2 is 1.83 bits per heavy atom. The zero-order valence-electron chi connectivity index (χ0n) is 22.8. The molecule has 224 valence electrons. The number of aromatic nitrogens is 2. The number of alkyl halides is 2. The van der Waals surface area contributed by atoms with Gasteiger partial charge in [-0.3, -0.25) is 19.1 Å². The Morgan fingerprint density at radius 1 is 1.15 bits per heavy atom. The summed E-state index contributed by atoms with van der Waals surface area (Å²) in [6.07, 6.45) is -3.30. The normalized spacial score (nSPS) is 16.9. The van der Waals surface area contributed by atoms with Crippen LogP contribution in [0.1, 0.15) is 33.9 Å². The lowest BCUT2D eigenvalue weighted by molar-refractivity contribution is -0.260. The number of aliphatic hydroxyl groups excluding tert-OH is 1. The smallest absolute Gasteiger partial charge is 0.330 e. The van der Waals surface area contributed by atoms with Crippen molar-refractivity contribution < 1.29 is 37.2 Å². The second kappa shape index (κ2) is 13.8. The van der Waals surface area contributed by atoms with Gasteiger partial charge >= 0.3 is 18.3 Å².